The number of fused-ring (bicyclic) bond motifs is 2. The van der Waals surface area contributed by atoms with E-state index >= 15 is 0 Å². The van der Waals surface area contributed by atoms with E-state index in [-0.39, 0.29) is 5.56 Å². The Morgan fingerprint density at radius 2 is 1.86 bits per heavy atom. The molecule has 3 aromatic rings. The molecule has 0 N–H and O–H groups in total. The molecule has 0 amide bonds. The maximum absolute atomic E-state index is 12.0. The molecule has 1 aromatic carbocycles. The number of aliphatic carboxylic acids is 1. The third kappa shape index (κ3) is 1.93. The minimum absolute atomic E-state index is 0.127. The molecule has 0 aliphatic carbocycles. The summed E-state index contributed by atoms with van der Waals surface area (Å²) in [7, 11) is 0. The van der Waals surface area contributed by atoms with Crippen LogP contribution in [0, 0.1) is 20.8 Å². The third-order valence-corrected chi connectivity index (χ3v) is 3.86. The molecular formula is C16H13O5-. The van der Waals surface area contributed by atoms with Gasteiger partial charge in [0.05, 0.1) is 6.26 Å². The van der Waals surface area contributed by atoms with Crippen LogP contribution in [0.25, 0.3) is 21.9 Å². The van der Waals surface area contributed by atoms with E-state index in [9.17, 15) is 14.7 Å². The van der Waals surface area contributed by atoms with E-state index in [1.165, 1.54) is 0 Å². The monoisotopic (exact) mass is 285 g/mol. The number of hydrogen-bond acceptors (Lipinski definition) is 5. The van der Waals surface area contributed by atoms with Crippen molar-refractivity contribution in [1.82, 2.24) is 0 Å². The Morgan fingerprint density at radius 3 is 2.52 bits per heavy atom. The maximum Gasteiger partial charge on any atom is 0.340 e. The first kappa shape index (κ1) is 13.4. The molecule has 0 saturated carbocycles. The van der Waals surface area contributed by atoms with Crippen LogP contribution in [-0.2, 0) is 11.2 Å². The van der Waals surface area contributed by atoms with Gasteiger partial charge in [0.2, 0.25) is 0 Å². The molecule has 2 aromatic heterocycles. The van der Waals surface area contributed by atoms with Crippen LogP contribution in [0.1, 0.15) is 22.3 Å². The number of benzene rings is 1. The topological polar surface area (TPSA) is 83.5 Å². The fourth-order valence-electron chi connectivity index (χ4n) is 2.67. The quantitative estimate of drug-likeness (QED) is 0.670. The SMILES string of the molecule is Cc1coc2c(C)c3oc(=O)c(CC(=O)[O-])c(C)c3cc12. The molecule has 21 heavy (non-hydrogen) atoms. The molecule has 0 bridgehead atoms. The number of rotatable bonds is 2. The number of furan rings is 1. The van der Waals surface area contributed by atoms with Crippen molar-refractivity contribution < 1.29 is 18.7 Å². The smallest absolute Gasteiger partial charge is 0.340 e. The Hall–Kier alpha value is -2.56. The van der Waals surface area contributed by atoms with Crippen molar-refractivity contribution in [2.24, 2.45) is 0 Å². The zero-order valence-corrected chi connectivity index (χ0v) is 11.9. The number of carbonyl (C=O) groups is 1. The average Bonchev–Trinajstić information content (AvgIpc) is 2.78. The number of carbonyl (C=O) groups excluding carboxylic acids is 1. The Kier molecular flexibility index (Phi) is 2.86. The summed E-state index contributed by atoms with van der Waals surface area (Å²) in [4.78, 5) is 22.8. The standard InChI is InChI=1S/C16H14O5/c1-7-6-20-14-9(3)15-11(4-10(7)14)8(2)12(5-13(17)18)16(19)21-15/h4,6H,5H2,1-3H3,(H,17,18)/p-1. The van der Waals surface area contributed by atoms with Gasteiger partial charge in [-0.1, -0.05) is 0 Å². The molecule has 0 unspecified atom stereocenters. The molecule has 0 fully saturated rings. The van der Waals surface area contributed by atoms with Gasteiger partial charge in [0, 0.05) is 34.3 Å². The van der Waals surface area contributed by atoms with Crippen LogP contribution in [0.5, 0.6) is 0 Å². The van der Waals surface area contributed by atoms with Crippen LogP contribution in [0.2, 0.25) is 0 Å². The van der Waals surface area contributed by atoms with Gasteiger partial charge < -0.3 is 18.7 Å². The van der Waals surface area contributed by atoms with Gasteiger partial charge in [-0.2, -0.15) is 0 Å². The Morgan fingerprint density at radius 1 is 1.14 bits per heavy atom. The Labute approximate surface area is 119 Å². The van der Waals surface area contributed by atoms with Crippen LogP contribution >= 0.6 is 0 Å². The highest BCUT2D eigenvalue weighted by Crippen LogP contribution is 2.32. The van der Waals surface area contributed by atoms with Gasteiger partial charge in [0.15, 0.2) is 0 Å². The van der Waals surface area contributed by atoms with E-state index in [0.717, 1.165) is 21.9 Å². The van der Waals surface area contributed by atoms with E-state index in [4.69, 9.17) is 8.83 Å². The van der Waals surface area contributed by atoms with E-state index in [2.05, 4.69) is 0 Å². The number of carboxylic acids is 1. The second kappa shape index (κ2) is 4.48. The van der Waals surface area contributed by atoms with Gasteiger partial charge in [0.25, 0.3) is 0 Å². The summed E-state index contributed by atoms with van der Waals surface area (Å²) in [5.74, 6) is -1.30. The number of carboxylic acid groups (broad SMARTS) is 1. The van der Waals surface area contributed by atoms with Gasteiger partial charge in [-0.05, 0) is 38.0 Å². The summed E-state index contributed by atoms with van der Waals surface area (Å²) in [6, 6.07) is 1.87. The lowest BCUT2D eigenvalue weighted by molar-refractivity contribution is -0.304. The minimum Gasteiger partial charge on any atom is -0.550 e. The maximum atomic E-state index is 12.0. The van der Waals surface area contributed by atoms with Crippen molar-refractivity contribution in [3.63, 3.8) is 0 Å². The largest absolute Gasteiger partial charge is 0.550 e. The molecule has 3 rings (SSSR count). The van der Waals surface area contributed by atoms with E-state index in [0.29, 0.717) is 16.7 Å². The highest BCUT2D eigenvalue weighted by Gasteiger charge is 2.17. The van der Waals surface area contributed by atoms with Crippen molar-refractivity contribution >= 4 is 27.9 Å². The zero-order valence-electron chi connectivity index (χ0n) is 11.9. The van der Waals surface area contributed by atoms with Gasteiger partial charge in [-0.25, -0.2) is 4.79 Å². The van der Waals surface area contributed by atoms with E-state index in [1.807, 2.05) is 19.9 Å². The van der Waals surface area contributed by atoms with Crippen LogP contribution in [-0.4, -0.2) is 5.97 Å². The highest BCUT2D eigenvalue weighted by molar-refractivity contribution is 5.99. The third-order valence-electron chi connectivity index (χ3n) is 3.86. The molecule has 5 nitrogen and oxygen atoms in total. The summed E-state index contributed by atoms with van der Waals surface area (Å²) in [6.07, 6.45) is 1.19. The van der Waals surface area contributed by atoms with E-state index in [1.54, 1.807) is 13.2 Å². The molecule has 0 aliphatic heterocycles. The predicted octanol–water partition coefficient (Wildman–Crippen LogP) is 1.76. The molecule has 0 spiro atoms. The molecule has 2 heterocycles. The minimum atomic E-state index is -1.30. The van der Waals surface area contributed by atoms with Gasteiger partial charge in [0.1, 0.15) is 11.2 Å². The van der Waals surface area contributed by atoms with Crippen molar-refractivity contribution in [1.29, 1.82) is 0 Å². The Bertz CT molecular complexity index is 943. The van der Waals surface area contributed by atoms with Crippen molar-refractivity contribution in [2.75, 3.05) is 0 Å². The zero-order chi connectivity index (χ0) is 15.3. The molecule has 5 heteroatoms. The van der Waals surface area contributed by atoms with Crippen molar-refractivity contribution in [2.45, 2.75) is 27.2 Å². The molecule has 0 radical (unpaired) electrons. The normalized spacial score (nSPS) is 11.4. The molecular weight excluding hydrogens is 272 g/mol. The highest BCUT2D eigenvalue weighted by atomic mass is 16.4. The molecule has 108 valence electrons. The average molecular weight is 285 g/mol. The van der Waals surface area contributed by atoms with Crippen LogP contribution in [0.3, 0.4) is 0 Å². The van der Waals surface area contributed by atoms with Crippen molar-refractivity contribution in [3.05, 3.63) is 45.0 Å². The molecule has 0 saturated heterocycles. The fraction of sp³-hybridized carbons (Fsp3) is 0.250. The lowest BCUT2D eigenvalue weighted by atomic mass is 9.99. The fourth-order valence-corrected chi connectivity index (χ4v) is 2.67. The van der Waals surface area contributed by atoms with Gasteiger partial charge in [-0.3, -0.25) is 0 Å². The summed E-state index contributed by atoms with van der Waals surface area (Å²) >= 11 is 0. The van der Waals surface area contributed by atoms with E-state index < -0.39 is 18.0 Å². The van der Waals surface area contributed by atoms with Crippen LogP contribution < -0.4 is 10.7 Å². The second-order valence-electron chi connectivity index (χ2n) is 5.22. The predicted molar refractivity (Wildman–Crippen MR) is 75.2 cm³/mol. The van der Waals surface area contributed by atoms with Crippen molar-refractivity contribution in [3.8, 4) is 0 Å². The van der Waals surface area contributed by atoms with Gasteiger partial charge in [-0.15, -0.1) is 0 Å². The number of aryl methyl sites for hydroxylation is 3. The van der Waals surface area contributed by atoms with Gasteiger partial charge >= 0.3 is 5.63 Å². The van der Waals surface area contributed by atoms with Crippen LogP contribution in [0.4, 0.5) is 0 Å². The summed E-state index contributed by atoms with van der Waals surface area (Å²) in [5, 5.41) is 12.4. The summed E-state index contributed by atoms with van der Waals surface area (Å²) in [5.41, 5.74) is 2.91. The molecule has 0 atom stereocenters. The van der Waals surface area contributed by atoms with Crippen LogP contribution in [0.15, 0.2) is 26.0 Å². The first-order chi connectivity index (χ1) is 9.90. The first-order valence-corrected chi connectivity index (χ1v) is 6.53. The Balaban J connectivity index is 2.47. The lowest BCUT2D eigenvalue weighted by Crippen LogP contribution is -2.27. The summed E-state index contributed by atoms with van der Waals surface area (Å²) < 4.78 is 10.8. The molecule has 0 aliphatic rings. The number of hydrogen-bond donors (Lipinski definition) is 0. The second-order valence-corrected chi connectivity index (χ2v) is 5.22. The first-order valence-electron chi connectivity index (χ1n) is 6.53. The lowest BCUT2D eigenvalue weighted by Gasteiger charge is -2.10. The summed E-state index contributed by atoms with van der Waals surface area (Å²) in [6.45, 7) is 5.46.